The zero-order chi connectivity index (χ0) is 21.4. The lowest BCUT2D eigenvalue weighted by Crippen LogP contribution is -2.27. The summed E-state index contributed by atoms with van der Waals surface area (Å²) in [6.07, 6.45) is -0.326. The molecule has 158 valence electrons. The molecule has 0 atom stereocenters. The van der Waals surface area contributed by atoms with E-state index < -0.39 is 25.4 Å². The van der Waals surface area contributed by atoms with Crippen molar-refractivity contribution in [3.63, 3.8) is 0 Å². The fourth-order valence-electron chi connectivity index (χ4n) is 1.74. The molecule has 28 heavy (non-hydrogen) atoms. The molecule has 0 aliphatic rings. The quantitative estimate of drug-likeness (QED) is 0.0981. The maximum Gasteiger partial charge on any atom is 0.336 e. The number of carboxylic acid groups (broad SMARTS) is 1. The summed E-state index contributed by atoms with van der Waals surface area (Å²) in [6, 6.07) is 1.08. The van der Waals surface area contributed by atoms with Crippen LogP contribution in [0.1, 0.15) is 31.0 Å². The number of aromatic nitrogens is 1. The predicted octanol–water partition coefficient (Wildman–Crippen LogP) is 2.64. The number of amidine groups is 1. The number of aliphatic carboxylic acids is 1. The molecule has 0 aromatic carbocycles. The van der Waals surface area contributed by atoms with E-state index in [-0.39, 0.29) is 25.7 Å². The molecule has 0 saturated carbocycles. The van der Waals surface area contributed by atoms with Gasteiger partial charge in [0.25, 0.3) is 0 Å². The van der Waals surface area contributed by atoms with Crippen molar-refractivity contribution in [2.24, 2.45) is 16.3 Å². The summed E-state index contributed by atoms with van der Waals surface area (Å²) in [5, 5.41) is 14.7. The lowest BCUT2D eigenvalue weighted by molar-refractivity contribution is -0.156. The molecule has 0 spiro atoms. The third-order valence-corrected chi connectivity index (χ3v) is 6.21. The molecule has 0 aliphatic carbocycles. The predicted molar refractivity (Wildman–Crippen MR) is 109 cm³/mol. The lowest BCUT2D eigenvalue weighted by Gasteiger charge is -2.16. The van der Waals surface area contributed by atoms with E-state index in [1.54, 1.807) is 5.38 Å². The molecule has 11 heteroatoms. The van der Waals surface area contributed by atoms with Crippen molar-refractivity contribution in [1.29, 1.82) is 0 Å². The van der Waals surface area contributed by atoms with E-state index in [1.165, 1.54) is 25.2 Å². The number of hydrogen-bond donors (Lipinski definition) is 2. The maximum absolute atomic E-state index is 11.7. The fraction of sp³-hybridized carbons (Fsp3) is 0.647. The van der Waals surface area contributed by atoms with E-state index in [4.69, 9.17) is 20.3 Å². The first-order valence-electron chi connectivity index (χ1n) is 8.78. The van der Waals surface area contributed by atoms with Gasteiger partial charge in [0.05, 0.1) is 24.1 Å². The molecule has 9 nitrogen and oxygen atoms in total. The van der Waals surface area contributed by atoms with Gasteiger partial charge in [0.15, 0.2) is 10.8 Å². The summed E-state index contributed by atoms with van der Waals surface area (Å²) in [5.74, 6) is -1.95. The summed E-state index contributed by atoms with van der Waals surface area (Å²) in [7, 11) is -1.11. The topological polar surface area (TPSA) is 133 Å². The third kappa shape index (κ3) is 9.40. The van der Waals surface area contributed by atoms with Crippen molar-refractivity contribution in [3.8, 4) is 0 Å². The molecular formula is C17H29N3O6SSi. The Kier molecular flexibility index (Phi) is 9.21. The van der Waals surface area contributed by atoms with Crippen LogP contribution in [0.5, 0.6) is 0 Å². The maximum atomic E-state index is 11.7. The highest BCUT2D eigenvalue weighted by atomic mass is 32.1. The molecule has 3 N–H and O–H groups in total. The Hall–Kier alpha value is -1.82. The van der Waals surface area contributed by atoms with Gasteiger partial charge in [0.1, 0.15) is 6.79 Å². The number of carbonyl (C=O) groups is 2. The van der Waals surface area contributed by atoms with Gasteiger partial charge in [-0.05, 0) is 19.9 Å². The molecule has 1 heterocycles. The van der Waals surface area contributed by atoms with Crippen LogP contribution in [0.2, 0.25) is 25.7 Å². The first kappa shape index (κ1) is 24.2. The van der Waals surface area contributed by atoms with Crippen LogP contribution in [0.15, 0.2) is 10.5 Å². The molecule has 0 unspecified atom stereocenters. The van der Waals surface area contributed by atoms with Gasteiger partial charge in [-0.3, -0.25) is 4.79 Å². The van der Waals surface area contributed by atoms with Crippen LogP contribution < -0.4 is 5.73 Å². The van der Waals surface area contributed by atoms with E-state index in [0.29, 0.717) is 17.3 Å². The van der Waals surface area contributed by atoms with Crippen LogP contribution in [-0.4, -0.2) is 49.3 Å². The molecule has 1 aromatic heterocycles. The van der Waals surface area contributed by atoms with Gasteiger partial charge in [-0.2, -0.15) is 0 Å². The van der Waals surface area contributed by atoms with Crippen molar-refractivity contribution in [2.45, 2.75) is 52.6 Å². The van der Waals surface area contributed by atoms with E-state index in [0.717, 1.165) is 6.04 Å². The number of nitrogens with two attached hydrogens (primary N) is 1. The standard InChI is InChI=1S/C17H29N3O6SSi/c1-17(2,16(22)23)8-13(21)26-20-14(18)15-19-12(10-27-15)9-25-11-24-6-7-28(3,4)5/h10H,6-9,11H2,1-5H3,(H2,18,20)(H,22,23). The average Bonchev–Trinajstić information content (AvgIpc) is 3.03. The number of hydrogen-bond acceptors (Lipinski definition) is 8. The monoisotopic (exact) mass is 431 g/mol. The zero-order valence-corrected chi connectivity index (χ0v) is 18.8. The Morgan fingerprint density at radius 1 is 1.32 bits per heavy atom. The summed E-state index contributed by atoms with van der Waals surface area (Å²) in [5.41, 5.74) is 5.17. The molecule has 0 bridgehead atoms. The molecule has 1 rings (SSSR count). The number of carboxylic acids is 1. The molecule has 0 saturated heterocycles. The minimum atomic E-state index is -1.25. The fourth-order valence-corrected chi connectivity index (χ4v) is 3.19. The van der Waals surface area contributed by atoms with Crippen molar-refractivity contribution in [2.75, 3.05) is 13.4 Å². The van der Waals surface area contributed by atoms with E-state index in [1.807, 2.05) is 0 Å². The number of nitrogens with zero attached hydrogens (tertiary/aromatic N) is 2. The molecule has 1 aromatic rings. The van der Waals surface area contributed by atoms with Gasteiger partial charge in [0, 0.05) is 20.1 Å². The molecular weight excluding hydrogens is 402 g/mol. The highest BCUT2D eigenvalue weighted by Gasteiger charge is 2.31. The highest BCUT2D eigenvalue weighted by Crippen LogP contribution is 2.21. The van der Waals surface area contributed by atoms with E-state index in [2.05, 4.69) is 34.6 Å². The Labute approximate surface area is 169 Å². The number of rotatable bonds is 12. The number of ether oxygens (including phenoxy) is 2. The van der Waals surface area contributed by atoms with Crippen LogP contribution in [0.3, 0.4) is 0 Å². The Morgan fingerprint density at radius 2 is 2.00 bits per heavy atom. The number of thiazole rings is 1. The normalized spacial score (nSPS) is 12.8. The van der Waals surface area contributed by atoms with Crippen molar-refractivity contribution in [3.05, 3.63) is 16.1 Å². The summed E-state index contributed by atoms with van der Waals surface area (Å²) in [6.45, 7) is 10.8. The Bertz CT molecular complexity index is 699. The number of oxime groups is 1. The van der Waals surface area contributed by atoms with Crippen molar-refractivity contribution >= 4 is 37.2 Å². The largest absolute Gasteiger partial charge is 0.481 e. The van der Waals surface area contributed by atoms with Crippen LogP contribution in [0.4, 0.5) is 0 Å². The second-order valence-corrected chi connectivity index (χ2v) is 14.6. The Balaban J connectivity index is 2.40. The average molecular weight is 432 g/mol. The minimum Gasteiger partial charge on any atom is -0.481 e. The smallest absolute Gasteiger partial charge is 0.336 e. The van der Waals surface area contributed by atoms with Gasteiger partial charge >= 0.3 is 11.9 Å². The second kappa shape index (κ2) is 10.6. The summed E-state index contributed by atoms with van der Waals surface area (Å²) < 4.78 is 10.9. The van der Waals surface area contributed by atoms with Crippen LogP contribution >= 0.6 is 11.3 Å². The summed E-state index contributed by atoms with van der Waals surface area (Å²) >= 11 is 1.23. The first-order valence-corrected chi connectivity index (χ1v) is 13.4. The SMILES string of the molecule is CC(C)(CC(=O)ON=C(N)c1nc(COCOCC[Si](C)(C)C)cs1)C(=O)O. The number of carbonyl (C=O) groups excluding carboxylic acids is 1. The van der Waals surface area contributed by atoms with Gasteiger partial charge < -0.3 is 25.2 Å². The molecule has 0 aliphatic heterocycles. The van der Waals surface area contributed by atoms with Crippen molar-refractivity contribution in [1.82, 2.24) is 4.98 Å². The molecule has 0 fully saturated rings. The van der Waals surface area contributed by atoms with Crippen molar-refractivity contribution < 1.29 is 29.0 Å². The van der Waals surface area contributed by atoms with Crippen LogP contribution in [0, 0.1) is 5.41 Å². The minimum absolute atomic E-state index is 0.0656. The second-order valence-electron chi connectivity index (χ2n) is 8.13. The third-order valence-electron chi connectivity index (χ3n) is 3.59. The van der Waals surface area contributed by atoms with Crippen LogP contribution in [0.25, 0.3) is 0 Å². The van der Waals surface area contributed by atoms with Gasteiger partial charge in [-0.1, -0.05) is 24.8 Å². The van der Waals surface area contributed by atoms with E-state index in [9.17, 15) is 9.59 Å². The zero-order valence-electron chi connectivity index (χ0n) is 17.0. The summed E-state index contributed by atoms with van der Waals surface area (Å²) in [4.78, 5) is 31.6. The van der Waals surface area contributed by atoms with Gasteiger partial charge in [0.2, 0.25) is 0 Å². The highest BCUT2D eigenvalue weighted by molar-refractivity contribution is 7.11. The van der Waals surface area contributed by atoms with E-state index >= 15 is 0 Å². The molecule has 0 amide bonds. The van der Waals surface area contributed by atoms with Gasteiger partial charge in [-0.15, -0.1) is 11.3 Å². The lowest BCUT2D eigenvalue weighted by atomic mass is 9.90. The Morgan fingerprint density at radius 3 is 2.61 bits per heavy atom. The van der Waals surface area contributed by atoms with Crippen LogP contribution in [-0.2, 0) is 30.5 Å². The molecule has 0 radical (unpaired) electrons. The first-order chi connectivity index (χ1) is 12.9. The van der Waals surface area contributed by atoms with Gasteiger partial charge in [-0.25, -0.2) is 9.78 Å².